The monoisotopic (exact) mass is 214 g/mol. The minimum Gasteiger partial charge on any atom is -0.481 e. The Morgan fingerprint density at radius 1 is 1.27 bits per heavy atom. The number of aliphatic carboxylic acids is 1. The van der Waals surface area contributed by atoms with Crippen molar-refractivity contribution in [3.8, 4) is 12.8 Å². The molecule has 0 unspecified atom stereocenters. The number of aldehydes is 1. The molecular formula is C12H22O3. The van der Waals surface area contributed by atoms with Crippen molar-refractivity contribution < 1.29 is 14.7 Å². The van der Waals surface area contributed by atoms with Crippen molar-refractivity contribution in [1.82, 2.24) is 0 Å². The molecule has 1 aliphatic carbocycles. The van der Waals surface area contributed by atoms with E-state index in [-0.39, 0.29) is 0 Å². The average molecular weight is 214 g/mol. The van der Waals surface area contributed by atoms with Crippen LogP contribution >= 0.6 is 0 Å². The van der Waals surface area contributed by atoms with Crippen LogP contribution in [-0.4, -0.2) is 17.4 Å². The van der Waals surface area contributed by atoms with Gasteiger partial charge >= 0.3 is 0 Å². The molecule has 0 spiro atoms. The second kappa shape index (κ2) is 18.5. The molecular weight excluding hydrogens is 192 g/mol. The molecule has 88 valence electrons. The predicted molar refractivity (Wildman–Crippen MR) is 62.6 cm³/mol. The van der Waals surface area contributed by atoms with E-state index in [1.54, 1.807) is 0 Å². The number of hydrogen-bond acceptors (Lipinski definition) is 2. The van der Waals surface area contributed by atoms with Gasteiger partial charge in [0.05, 0.1) is 0 Å². The van der Waals surface area contributed by atoms with Gasteiger partial charge in [-0.1, -0.05) is 26.7 Å². The Kier molecular flexibility index (Phi) is 23.8. The molecule has 3 nitrogen and oxygen atoms in total. The van der Waals surface area contributed by atoms with E-state index >= 15 is 0 Å². The van der Waals surface area contributed by atoms with Crippen LogP contribution in [0, 0.1) is 18.8 Å². The topological polar surface area (TPSA) is 54.4 Å². The van der Waals surface area contributed by atoms with E-state index in [1.165, 1.54) is 12.8 Å². The van der Waals surface area contributed by atoms with Gasteiger partial charge in [0, 0.05) is 12.8 Å². The average Bonchev–Trinajstić information content (AvgIpc) is 2.75. The second-order valence-electron chi connectivity index (χ2n) is 2.70. The highest BCUT2D eigenvalue weighted by Crippen LogP contribution is 2.21. The number of carboxylic acid groups (broad SMARTS) is 1. The number of carboxylic acids is 1. The first-order valence-corrected chi connectivity index (χ1v) is 5.15. The Hall–Kier alpha value is -1.30. The Balaban J connectivity index is -0.000000156. The first-order valence-electron chi connectivity index (χ1n) is 5.15. The van der Waals surface area contributed by atoms with Gasteiger partial charge in [0.25, 0.3) is 5.97 Å². The lowest BCUT2D eigenvalue weighted by Crippen LogP contribution is -1.91. The van der Waals surface area contributed by atoms with Crippen LogP contribution in [0.5, 0.6) is 0 Å². The zero-order valence-corrected chi connectivity index (χ0v) is 9.90. The van der Waals surface area contributed by atoms with Crippen molar-refractivity contribution in [2.75, 3.05) is 0 Å². The van der Waals surface area contributed by atoms with Gasteiger partial charge in [0.1, 0.15) is 6.29 Å². The van der Waals surface area contributed by atoms with Crippen molar-refractivity contribution in [3.05, 3.63) is 0 Å². The molecule has 1 rings (SSSR count). The third-order valence-electron chi connectivity index (χ3n) is 1.59. The van der Waals surface area contributed by atoms with Gasteiger partial charge in [-0.05, 0) is 12.8 Å². The van der Waals surface area contributed by atoms with Crippen molar-refractivity contribution in [2.45, 2.75) is 46.5 Å². The molecule has 0 amide bonds. The van der Waals surface area contributed by atoms with Gasteiger partial charge in [-0.25, -0.2) is 0 Å². The van der Waals surface area contributed by atoms with Crippen LogP contribution in [0.4, 0.5) is 0 Å². The SMILES string of the molecule is C#C.CC.CC(=O)O.O=CC1CCCC1. The molecule has 0 radical (unpaired) electrons. The first-order chi connectivity index (χ1) is 7.16. The first kappa shape index (κ1) is 19.3. The fourth-order valence-electron chi connectivity index (χ4n) is 1.09. The molecule has 1 N–H and O–H groups in total. The summed E-state index contributed by atoms with van der Waals surface area (Å²) in [6.45, 7) is 5.08. The zero-order chi connectivity index (χ0) is 12.7. The smallest absolute Gasteiger partial charge is 0.300 e. The van der Waals surface area contributed by atoms with Crippen LogP contribution in [-0.2, 0) is 9.59 Å². The maximum absolute atomic E-state index is 10.0. The number of hydrogen-bond donors (Lipinski definition) is 1. The quantitative estimate of drug-likeness (QED) is 0.539. The van der Waals surface area contributed by atoms with E-state index in [1.807, 2.05) is 13.8 Å². The fourth-order valence-corrected chi connectivity index (χ4v) is 1.09. The Bertz CT molecular complexity index is 151. The number of carbonyl (C=O) groups excluding carboxylic acids is 1. The molecule has 0 aromatic carbocycles. The van der Waals surface area contributed by atoms with Crippen molar-refractivity contribution >= 4 is 12.3 Å². The van der Waals surface area contributed by atoms with E-state index in [9.17, 15) is 4.79 Å². The molecule has 0 saturated heterocycles. The van der Waals surface area contributed by atoms with Gasteiger partial charge in [-0.2, -0.15) is 0 Å². The predicted octanol–water partition coefficient (Wildman–Crippen LogP) is 2.74. The van der Waals surface area contributed by atoms with E-state index in [2.05, 4.69) is 12.8 Å². The molecule has 0 bridgehead atoms. The number of terminal acetylenes is 1. The van der Waals surface area contributed by atoms with Crippen LogP contribution in [0.1, 0.15) is 46.5 Å². The summed E-state index contributed by atoms with van der Waals surface area (Å²) in [7, 11) is 0. The molecule has 1 aliphatic rings. The van der Waals surface area contributed by atoms with Crippen LogP contribution < -0.4 is 0 Å². The summed E-state index contributed by atoms with van der Waals surface area (Å²) >= 11 is 0. The summed E-state index contributed by atoms with van der Waals surface area (Å²) < 4.78 is 0. The number of carbonyl (C=O) groups is 2. The largest absolute Gasteiger partial charge is 0.481 e. The van der Waals surface area contributed by atoms with Crippen LogP contribution in [0.15, 0.2) is 0 Å². The summed E-state index contributed by atoms with van der Waals surface area (Å²) in [6, 6.07) is 0. The highest BCUT2D eigenvalue weighted by Gasteiger charge is 2.12. The maximum Gasteiger partial charge on any atom is 0.300 e. The minimum absolute atomic E-state index is 0.417. The van der Waals surface area contributed by atoms with Crippen molar-refractivity contribution in [3.63, 3.8) is 0 Å². The Labute approximate surface area is 92.9 Å². The lowest BCUT2D eigenvalue weighted by atomic mass is 10.1. The fraction of sp³-hybridized carbons (Fsp3) is 0.667. The zero-order valence-electron chi connectivity index (χ0n) is 9.90. The Morgan fingerprint density at radius 3 is 1.67 bits per heavy atom. The molecule has 1 fully saturated rings. The maximum atomic E-state index is 10.0. The summed E-state index contributed by atoms with van der Waals surface area (Å²) in [5.41, 5.74) is 0. The van der Waals surface area contributed by atoms with Gasteiger partial charge in [0.15, 0.2) is 0 Å². The molecule has 1 saturated carbocycles. The van der Waals surface area contributed by atoms with E-state index in [4.69, 9.17) is 9.90 Å². The van der Waals surface area contributed by atoms with Gasteiger partial charge in [-0.15, -0.1) is 12.8 Å². The van der Waals surface area contributed by atoms with Crippen LogP contribution in [0.25, 0.3) is 0 Å². The standard InChI is InChI=1S/C6H10O.C2H4O2.C2H6.C2H2/c7-5-6-3-1-2-4-6;1-2(3)4;2*1-2/h5-6H,1-4H2;1H3,(H,3,4);1-2H3;1-2H. The highest BCUT2D eigenvalue weighted by molar-refractivity contribution is 5.62. The summed E-state index contributed by atoms with van der Waals surface area (Å²) in [4.78, 5) is 19.0. The summed E-state index contributed by atoms with van der Waals surface area (Å²) in [6.07, 6.45) is 13.9. The van der Waals surface area contributed by atoms with Gasteiger partial charge < -0.3 is 9.90 Å². The van der Waals surface area contributed by atoms with E-state index in [0.717, 1.165) is 26.1 Å². The van der Waals surface area contributed by atoms with Crippen LogP contribution in [0.2, 0.25) is 0 Å². The molecule has 0 aromatic heterocycles. The van der Waals surface area contributed by atoms with E-state index in [0.29, 0.717) is 5.92 Å². The third-order valence-corrected chi connectivity index (χ3v) is 1.59. The third kappa shape index (κ3) is 24.5. The van der Waals surface area contributed by atoms with Crippen molar-refractivity contribution in [1.29, 1.82) is 0 Å². The number of rotatable bonds is 1. The molecule has 0 atom stereocenters. The molecule has 0 aliphatic heterocycles. The molecule has 0 aromatic rings. The van der Waals surface area contributed by atoms with Crippen molar-refractivity contribution in [2.24, 2.45) is 5.92 Å². The van der Waals surface area contributed by atoms with E-state index < -0.39 is 5.97 Å². The molecule has 0 heterocycles. The normalized spacial score (nSPS) is 12.9. The lowest BCUT2D eigenvalue weighted by molar-refractivity contribution is -0.134. The lowest BCUT2D eigenvalue weighted by Gasteiger charge is -1.90. The van der Waals surface area contributed by atoms with Gasteiger partial charge in [-0.3, -0.25) is 4.79 Å². The molecule has 3 heteroatoms. The summed E-state index contributed by atoms with van der Waals surface area (Å²) in [5.74, 6) is -0.417. The summed E-state index contributed by atoms with van der Waals surface area (Å²) in [5, 5.41) is 7.42. The minimum atomic E-state index is -0.833. The molecule has 15 heavy (non-hydrogen) atoms. The highest BCUT2D eigenvalue weighted by atomic mass is 16.4. The Morgan fingerprint density at radius 2 is 1.53 bits per heavy atom. The van der Waals surface area contributed by atoms with Crippen LogP contribution in [0.3, 0.4) is 0 Å². The van der Waals surface area contributed by atoms with Gasteiger partial charge in [0.2, 0.25) is 0 Å². The second-order valence-corrected chi connectivity index (χ2v) is 2.70.